The molecule has 0 radical (unpaired) electrons. The summed E-state index contributed by atoms with van der Waals surface area (Å²) in [5, 5.41) is 2.89. The Kier molecular flexibility index (Phi) is 4.55. The van der Waals surface area contributed by atoms with Crippen LogP contribution in [0.25, 0.3) is 0 Å². The van der Waals surface area contributed by atoms with Crippen LogP contribution in [0.2, 0.25) is 0 Å². The van der Waals surface area contributed by atoms with Crippen LogP contribution in [-0.4, -0.2) is 31.6 Å². The Balaban J connectivity index is 1.48. The number of amides is 2. The predicted octanol–water partition coefficient (Wildman–Crippen LogP) is 3.21. The Morgan fingerprint density at radius 3 is 2.69 bits per heavy atom. The first kappa shape index (κ1) is 16.9. The van der Waals surface area contributed by atoms with Gasteiger partial charge in [0.15, 0.2) is 11.5 Å². The van der Waals surface area contributed by atoms with E-state index in [-0.39, 0.29) is 18.2 Å². The van der Waals surface area contributed by atoms with Gasteiger partial charge in [-0.3, -0.25) is 9.59 Å². The number of anilines is 2. The summed E-state index contributed by atoms with van der Waals surface area (Å²) in [5.74, 6) is 0.666. The van der Waals surface area contributed by atoms with Crippen LogP contribution in [-0.2, 0) is 9.59 Å². The second-order valence-electron chi connectivity index (χ2n) is 6.20. The van der Waals surface area contributed by atoms with Gasteiger partial charge in [0.25, 0.3) is 0 Å². The summed E-state index contributed by atoms with van der Waals surface area (Å²) in [6, 6.07) is 12.8. The van der Waals surface area contributed by atoms with E-state index in [9.17, 15) is 9.59 Å². The van der Waals surface area contributed by atoms with E-state index in [1.165, 1.54) is 0 Å². The van der Waals surface area contributed by atoms with Gasteiger partial charge in [-0.25, -0.2) is 0 Å². The van der Waals surface area contributed by atoms with Gasteiger partial charge >= 0.3 is 0 Å². The van der Waals surface area contributed by atoms with Gasteiger partial charge in [-0.05, 0) is 40.2 Å². The van der Waals surface area contributed by atoms with Gasteiger partial charge in [0.2, 0.25) is 11.8 Å². The van der Waals surface area contributed by atoms with Crippen molar-refractivity contribution in [3.05, 3.63) is 46.9 Å². The number of ether oxygens (including phenoxy) is 2. The highest BCUT2D eigenvalue weighted by Gasteiger charge is 2.35. The van der Waals surface area contributed by atoms with Crippen molar-refractivity contribution in [2.75, 3.05) is 30.0 Å². The first-order valence-electron chi connectivity index (χ1n) is 8.37. The highest BCUT2D eigenvalue weighted by atomic mass is 79.9. The number of rotatable bonds is 3. The monoisotopic (exact) mass is 416 g/mol. The van der Waals surface area contributed by atoms with E-state index < -0.39 is 5.92 Å². The molecule has 0 aliphatic carbocycles. The van der Waals surface area contributed by atoms with E-state index in [1.807, 2.05) is 30.3 Å². The Hall–Kier alpha value is -2.54. The van der Waals surface area contributed by atoms with Crippen LogP contribution >= 0.6 is 15.9 Å². The highest BCUT2D eigenvalue weighted by molar-refractivity contribution is 9.10. The van der Waals surface area contributed by atoms with Gasteiger partial charge in [0, 0.05) is 29.2 Å². The largest absolute Gasteiger partial charge is 0.486 e. The van der Waals surface area contributed by atoms with Crippen molar-refractivity contribution in [2.45, 2.75) is 6.42 Å². The predicted molar refractivity (Wildman–Crippen MR) is 101 cm³/mol. The molecule has 26 heavy (non-hydrogen) atoms. The van der Waals surface area contributed by atoms with Gasteiger partial charge in [0.1, 0.15) is 13.2 Å². The second-order valence-corrected chi connectivity index (χ2v) is 7.06. The number of nitrogens with zero attached hydrogens (tertiary/aromatic N) is 1. The number of hydrogen-bond acceptors (Lipinski definition) is 4. The molecule has 1 atom stereocenters. The molecule has 0 saturated carbocycles. The number of carbonyl (C=O) groups excluding carboxylic acids is 2. The molecule has 0 aromatic heterocycles. The summed E-state index contributed by atoms with van der Waals surface area (Å²) >= 11 is 3.41. The van der Waals surface area contributed by atoms with Crippen LogP contribution in [0.4, 0.5) is 11.4 Å². The molecule has 1 unspecified atom stereocenters. The fourth-order valence-corrected chi connectivity index (χ4v) is 3.51. The van der Waals surface area contributed by atoms with Gasteiger partial charge in [0.05, 0.1) is 11.6 Å². The number of nitrogens with one attached hydrogen (secondary N) is 1. The molecular weight excluding hydrogens is 400 g/mol. The molecule has 2 heterocycles. The van der Waals surface area contributed by atoms with Gasteiger partial charge < -0.3 is 19.7 Å². The summed E-state index contributed by atoms with van der Waals surface area (Å²) in [7, 11) is 0. The molecule has 1 N–H and O–H groups in total. The van der Waals surface area contributed by atoms with Crippen LogP contribution in [0, 0.1) is 5.92 Å². The summed E-state index contributed by atoms with van der Waals surface area (Å²) in [5.41, 5.74) is 1.41. The third-order valence-electron chi connectivity index (χ3n) is 4.46. The van der Waals surface area contributed by atoms with E-state index in [0.717, 1.165) is 10.2 Å². The molecule has 2 aromatic rings. The molecule has 0 spiro atoms. The molecule has 1 saturated heterocycles. The average molecular weight is 417 g/mol. The minimum Gasteiger partial charge on any atom is -0.486 e. The smallest absolute Gasteiger partial charge is 0.229 e. The molecule has 2 aliphatic rings. The normalized spacial score (nSPS) is 18.7. The topological polar surface area (TPSA) is 67.9 Å². The van der Waals surface area contributed by atoms with Crippen molar-refractivity contribution in [1.29, 1.82) is 0 Å². The zero-order valence-corrected chi connectivity index (χ0v) is 15.5. The van der Waals surface area contributed by atoms with Crippen molar-refractivity contribution in [3.8, 4) is 11.5 Å². The lowest BCUT2D eigenvalue weighted by Crippen LogP contribution is -2.28. The van der Waals surface area contributed by atoms with E-state index in [0.29, 0.717) is 36.9 Å². The minimum atomic E-state index is -0.400. The van der Waals surface area contributed by atoms with Crippen LogP contribution in [0.15, 0.2) is 46.9 Å². The third kappa shape index (κ3) is 3.26. The highest BCUT2D eigenvalue weighted by Crippen LogP contribution is 2.36. The molecule has 2 aliphatic heterocycles. The van der Waals surface area contributed by atoms with Gasteiger partial charge in [-0.2, -0.15) is 0 Å². The van der Waals surface area contributed by atoms with Crippen LogP contribution in [0.5, 0.6) is 11.5 Å². The summed E-state index contributed by atoms with van der Waals surface area (Å²) in [6.07, 6.45) is 0.185. The van der Waals surface area contributed by atoms with Crippen LogP contribution in [0.3, 0.4) is 0 Å². The molecule has 7 heteroatoms. The van der Waals surface area contributed by atoms with E-state index >= 15 is 0 Å². The van der Waals surface area contributed by atoms with Crippen LogP contribution < -0.4 is 19.7 Å². The first-order valence-corrected chi connectivity index (χ1v) is 9.16. The lowest BCUT2D eigenvalue weighted by molar-refractivity contribution is -0.122. The van der Waals surface area contributed by atoms with E-state index in [1.54, 1.807) is 17.0 Å². The van der Waals surface area contributed by atoms with E-state index in [2.05, 4.69) is 21.2 Å². The van der Waals surface area contributed by atoms with Crippen molar-refractivity contribution in [2.24, 2.45) is 5.92 Å². The Morgan fingerprint density at radius 2 is 1.88 bits per heavy atom. The number of fused-ring (bicyclic) bond motifs is 1. The zero-order valence-electron chi connectivity index (χ0n) is 13.9. The summed E-state index contributed by atoms with van der Waals surface area (Å²) in [4.78, 5) is 26.6. The number of hydrogen-bond donors (Lipinski definition) is 1. The van der Waals surface area contributed by atoms with Crippen molar-refractivity contribution >= 4 is 39.1 Å². The number of benzene rings is 2. The van der Waals surface area contributed by atoms with Crippen molar-refractivity contribution in [1.82, 2.24) is 0 Å². The number of halogens is 1. The molecule has 1 fully saturated rings. The Morgan fingerprint density at radius 1 is 1.12 bits per heavy atom. The number of para-hydroxylation sites is 1. The maximum Gasteiger partial charge on any atom is 0.229 e. The van der Waals surface area contributed by atoms with Gasteiger partial charge in [-0.15, -0.1) is 0 Å². The quantitative estimate of drug-likeness (QED) is 0.833. The minimum absolute atomic E-state index is 0.0750. The lowest BCUT2D eigenvalue weighted by atomic mass is 10.1. The second kappa shape index (κ2) is 6.99. The molecule has 2 aromatic carbocycles. The fourth-order valence-electron chi connectivity index (χ4n) is 3.13. The van der Waals surface area contributed by atoms with Crippen molar-refractivity contribution < 1.29 is 19.1 Å². The Bertz CT molecular complexity index is 870. The van der Waals surface area contributed by atoms with Gasteiger partial charge in [-0.1, -0.05) is 12.1 Å². The third-order valence-corrected chi connectivity index (χ3v) is 5.16. The number of carbonyl (C=O) groups is 2. The maximum atomic E-state index is 12.6. The molecule has 134 valence electrons. The summed E-state index contributed by atoms with van der Waals surface area (Å²) in [6.45, 7) is 1.35. The Labute approximate surface area is 159 Å². The molecule has 6 nitrogen and oxygen atoms in total. The lowest BCUT2D eigenvalue weighted by Gasteiger charge is -2.22. The SMILES string of the molecule is O=C(Nc1ccccc1Br)C1CC(=O)N(c2ccc3c(c2)OCCO3)C1. The average Bonchev–Trinajstić information content (AvgIpc) is 3.05. The van der Waals surface area contributed by atoms with Crippen molar-refractivity contribution in [3.63, 3.8) is 0 Å². The van der Waals surface area contributed by atoms with Crippen LogP contribution in [0.1, 0.15) is 6.42 Å². The molecular formula is C19H17BrN2O4. The molecule has 2 amide bonds. The first-order chi connectivity index (χ1) is 12.6. The fraction of sp³-hybridized carbons (Fsp3) is 0.263. The molecule has 0 bridgehead atoms. The molecule has 4 rings (SSSR count). The maximum absolute atomic E-state index is 12.6. The zero-order chi connectivity index (χ0) is 18.1. The van der Waals surface area contributed by atoms with E-state index in [4.69, 9.17) is 9.47 Å². The standard InChI is InChI=1S/C19H17BrN2O4/c20-14-3-1-2-4-15(14)21-19(24)12-9-18(23)22(11-12)13-5-6-16-17(10-13)26-8-7-25-16/h1-6,10,12H,7-9,11H2,(H,21,24). The summed E-state index contributed by atoms with van der Waals surface area (Å²) < 4.78 is 11.9.